The molecule has 0 aliphatic heterocycles. The van der Waals surface area contributed by atoms with Crippen LogP contribution in [0.25, 0.3) is 0 Å². The molecule has 1 aliphatic rings. The van der Waals surface area contributed by atoms with E-state index in [4.69, 9.17) is 11.6 Å². The van der Waals surface area contributed by atoms with E-state index in [2.05, 4.69) is 12.2 Å². The molecule has 0 heterocycles. The summed E-state index contributed by atoms with van der Waals surface area (Å²) in [7, 11) is 1.73. The van der Waals surface area contributed by atoms with Crippen LogP contribution in [0.4, 0.5) is 4.79 Å². The van der Waals surface area contributed by atoms with Crippen molar-refractivity contribution in [1.29, 1.82) is 0 Å². The zero-order chi connectivity index (χ0) is 12.1. The first-order chi connectivity index (χ1) is 7.54. The van der Waals surface area contributed by atoms with E-state index >= 15 is 0 Å². The Kier molecular flexibility index (Phi) is 5.06. The molecule has 0 bridgehead atoms. The maximum absolute atomic E-state index is 11.6. The molecule has 92 valence electrons. The number of carbonyl (C=O) groups excluding carboxylic acids is 2. The van der Waals surface area contributed by atoms with Crippen molar-refractivity contribution in [2.45, 2.75) is 38.6 Å². The highest BCUT2D eigenvalue weighted by molar-refractivity contribution is 6.28. The fourth-order valence-electron chi connectivity index (χ4n) is 2.04. The fourth-order valence-corrected chi connectivity index (χ4v) is 2.10. The molecule has 0 radical (unpaired) electrons. The van der Waals surface area contributed by atoms with E-state index in [0.717, 1.165) is 31.6 Å². The van der Waals surface area contributed by atoms with Crippen molar-refractivity contribution in [3.05, 3.63) is 0 Å². The third kappa shape index (κ3) is 3.67. The summed E-state index contributed by atoms with van der Waals surface area (Å²) in [6.45, 7) is 2.23. The summed E-state index contributed by atoms with van der Waals surface area (Å²) in [5, 5.41) is 2.25. The average molecular weight is 247 g/mol. The van der Waals surface area contributed by atoms with E-state index in [0.29, 0.717) is 0 Å². The molecule has 0 unspecified atom stereocenters. The number of imide groups is 1. The van der Waals surface area contributed by atoms with Gasteiger partial charge in [-0.3, -0.25) is 10.1 Å². The smallest absolute Gasteiger partial charge is 0.324 e. The van der Waals surface area contributed by atoms with E-state index < -0.39 is 5.91 Å². The van der Waals surface area contributed by atoms with Crippen LogP contribution in [0.1, 0.15) is 32.6 Å². The van der Waals surface area contributed by atoms with Crippen molar-refractivity contribution in [1.82, 2.24) is 10.2 Å². The van der Waals surface area contributed by atoms with Gasteiger partial charge in [0.2, 0.25) is 5.91 Å². The summed E-state index contributed by atoms with van der Waals surface area (Å²) in [5.74, 6) is 0.126. The number of urea groups is 1. The lowest BCUT2D eigenvalue weighted by Crippen LogP contribution is -2.47. The predicted molar refractivity (Wildman–Crippen MR) is 63.4 cm³/mol. The van der Waals surface area contributed by atoms with Crippen LogP contribution in [0.5, 0.6) is 0 Å². The number of alkyl halides is 1. The van der Waals surface area contributed by atoms with Gasteiger partial charge in [0.15, 0.2) is 0 Å². The van der Waals surface area contributed by atoms with Crippen LogP contribution in [-0.2, 0) is 4.79 Å². The largest absolute Gasteiger partial charge is 0.325 e. The van der Waals surface area contributed by atoms with E-state index in [1.807, 2.05) is 0 Å². The van der Waals surface area contributed by atoms with Crippen LogP contribution in [0, 0.1) is 5.92 Å². The van der Waals surface area contributed by atoms with Crippen LogP contribution >= 0.6 is 11.6 Å². The Hall–Kier alpha value is -0.770. The maximum Gasteiger partial charge on any atom is 0.324 e. The minimum Gasteiger partial charge on any atom is -0.325 e. The zero-order valence-corrected chi connectivity index (χ0v) is 10.6. The standard InChI is InChI=1S/C11H19ClN2O2/c1-8-3-5-9(6-4-8)14(2)11(16)13-10(15)7-12/h8-9H,3-7H2,1-2H3,(H,13,15,16). The van der Waals surface area contributed by atoms with Crippen molar-refractivity contribution in [3.8, 4) is 0 Å². The van der Waals surface area contributed by atoms with Crippen LogP contribution in [0.3, 0.4) is 0 Å². The van der Waals surface area contributed by atoms with Crippen LogP contribution in [0.15, 0.2) is 0 Å². The summed E-state index contributed by atoms with van der Waals surface area (Å²) >= 11 is 5.32. The third-order valence-corrected chi connectivity index (χ3v) is 3.46. The van der Waals surface area contributed by atoms with E-state index in [-0.39, 0.29) is 18.0 Å². The summed E-state index contributed by atoms with van der Waals surface area (Å²) < 4.78 is 0. The first kappa shape index (κ1) is 13.3. The van der Waals surface area contributed by atoms with Crippen LogP contribution in [0.2, 0.25) is 0 Å². The Bertz CT molecular complexity index is 263. The quantitative estimate of drug-likeness (QED) is 0.758. The maximum atomic E-state index is 11.6. The van der Waals surface area contributed by atoms with Gasteiger partial charge in [0.05, 0.1) is 0 Å². The van der Waals surface area contributed by atoms with Gasteiger partial charge in [-0.1, -0.05) is 6.92 Å². The average Bonchev–Trinajstić information content (AvgIpc) is 2.28. The Balaban J connectivity index is 2.41. The fraction of sp³-hybridized carbons (Fsp3) is 0.818. The van der Waals surface area contributed by atoms with Gasteiger partial charge in [-0.25, -0.2) is 4.79 Å². The van der Waals surface area contributed by atoms with Crippen LogP contribution in [-0.4, -0.2) is 35.8 Å². The molecule has 5 heteroatoms. The summed E-state index contributed by atoms with van der Waals surface area (Å²) in [4.78, 5) is 24.2. The lowest BCUT2D eigenvalue weighted by molar-refractivity contribution is -0.117. The minimum absolute atomic E-state index is 0.179. The molecule has 0 atom stereocenters. The van der Waals surface area contributed by atoms with Crippen molar-refractivity contribution >= 4 is 23.5 Å². The van der Waals surface area contributed by atoms with Gasteiger partial charge >= 0.3 is 6.03 Å². The predicted octanol–water partition coefficient (Wildman–Crippen LogP) is 1.97. The highest BCUT2D eigenvalue weighted by Gasteiger charge is 2.25. The Morgan fingerprint density at radius 3 is 2.38 bits per heavy atom. The monoisotopic (exact) mass is 246 g/mol. The van der Waals surface area contributed by atoms with Gasteiger partial charge < -0.3 is 4.90 Å². The van der Waals surface area contributed by atoms with Crippen molar-refractivity contribution in [3.63, 3.8) is 0 Å². The molecule has 4 nitrogen and oxygen atoms in total. The number of nitrogens with zero attached hydrogens (tertiary/aromatic N) is 1. The second kappa shape index (κ2) is 6.09. The molecule has 1 fully saturated rings. The topological polar surface area (TPSA) is 49.4 Å². The van der Waals surface area contributed by atoms with Gasteiger partial charge in [0.1, 0.15) is 5.88 Å². The van der Waals surface area contributed by atoms with Crippen molar-refractivity contribution in [2.24, 2.45) is 5.92 Å². The van der Waals surface area contributed by atoms with Gasteiger partial charge in [-0.2, -0.15) is 0 Å². The minimum atomic E-state index is -0.442. The SMILES string of the molecule is CC1CCC(N(C)C(=O)NC(=O)CCl)CC1. The van der Waals surface area contributed by atoms with Crippen molar-refractivity contribution < 1.29 is 9.59 Å². The lowest BCUT2D eigenvalue weighted by Gasteiger charge is -2.33. The third-order valence-electron chi connectivity index (χ3n) is 3.22. The molecule has 0 spiro atoms. The molecule has 1 aliphatic carbocycles. The molecule has 0 aromatic heterocycles. The van der Waals surface area contributed by atoms with E-state index in [1.54, 1.807) is 11.9 Å². The lowest BCUT2D eigenvalue weighted by atomic mass is 9.87. The van der Waals surface area contributed by atoms with E-state index in [1.165, 1.54) is 0 Å². The summed E-state index contributed by atoms with van der Waals surface area (Å²) in [6, 6.07) is -0.0930. The van der Waals surface area contributed by atoms with Gasteiger partial charge in [0, 0.05) is 13.1 Å². The number of hydrogen-bond acceptors (Lipinski definition) is 2. The molecule has 0 aromatic rings. The number of halogens is 1. The summed E-state index contributed by atoms with van der Waals surface area (Å²) in [5.41, 5.74) is 0. The second-order valence-electron chi connectivity index (χ2n) is 4.51. The molecule has 1 rings (SSSR count). The highest BCUT2D eigenvalue weighted by atomic mass is 35.5. The molecule has 0 aromatic carbocycles. The number of rotatable bonds is 2. The molecular weight excluding hydrogens is 228 g/mol. The van der Waals surface area contributed by atoms with Gasteiger partial charge in [-0.05, 0) is 31.6 Å². The summed E-state index contributed by atoms with van der Waals surface area (Å²) in [6.07, 6.45) is 4.32. The number of nitrogens with one attached hydrogen (secondary N) is 1. The van der Waals surface area contributed by atoms with Gasteiger partial charge in [0.25, 0.3) is 0 Å². The Morgan fingerprint density at radius 1 is 1.31 bits per heavy atom. The molecular formula is C11H19ClN2O2. The number of hydrogen-bond donors (Lipinski definition) is 1. The highest BCUT2D eigenvalue weighted by Crippen LogP contribution is 2.26. The molecule has 1 saturated carbocycles. The Labute approximate surface area is 101 Å². The first-order valence-electron chi connectivity index (χ1n) is 5.67. The Morgan fingerprint density at radius 2 is 1.88 bits per heavy atom. The first-order valence-corrected chi connectivity index (χ1v) is 6.20. The van der Waals surface area contributed by atoms with E-state index in [9.17, 15) is 9.59 Å². The molecule has 16 heavy (non-hydrogen) atoms. The van der Waals surface area contributed by atoms with Crippen molar-refractivity contribution in [2.75, 3.05) is 12.9 Å². The van der Waals surface area contributed by atoms with Crippen LogP contribution < -0.4 is 5.32 Å². The molecule has 0 saturated heterocycles. The second-order valence-corrected chi connectivity index (χ2v) is 4.78. The number of carbonyl (C=O) groups is 2. The number of amides is 3. The molecule has 3 amide bonds. The molecule has 1 N–H and O–H groups in total. The van der Waals surface area contributed by atoms with Gasteiger partial charge in [-0.15, -0.1) is 11.6 Å². The zero-order valence-electron chi connectivity index (χ0n) is 9.83. The normalized spacial score (nSPS) is 24.9.